The highest BCUT2D eigenvalue weighted by Gasteiger charge is 2.13. The molecule has 0 unspecified atom stereocenters. The highest BCUT2D eigenvalue weighted by Crippen LogP contribution is 2.22. The number of oxazole rings is 1. The van der Waals surface area contributed by atoms with Crippen LogP contribution in [0.15, 0.2) is 68.3 Å². The summed E-state index contributed by atoms with van der Waals surface area (Å²) in [5.41, 5.74) is 2.70. The van der Waals surface area contributed by atoms with Crippen LogP contribution < -0.4 is 5.76 Å². The Hall–Kier alpha value is -2.79. The summed E-state index contributed by atoms with van der Waals surface area (Å²) in [5, 5.41) is 4.55. The second kappa shape index (κ2) is 5.44. The molecule has 2 aromatic carbocycles. The summed E-state index contributed by atoms with van der Waals surface area (Å²) >= 11 is 5.91. The minimum atomic E-state index is -0.452. The van der Waals surface area contributed by atoms with E-state index in [0.717, 1.165) is 5.56 Å². The number of hydrogen-bond acceptors (Lipinski definition) is 4. The van der Waals surface area contributed by atoms with Crippen molar-refractivity contribution in [2.75, 3.05) is 0 Å². The summed E-state index contributed by atoms with van der Waals surface area (Å²) < 4.78 is 12.1. The summed E-state index contributed by atoms with van der Waals surface area (Å²) in [6.45, 7) is 0.268. The number of aromatic nitrogens is 2. The predicted molar refractivity (Wildman–Crippen MR) is 86.5 cm³/mol. The molecule has 114 valence electrons. The highest BCUT2D eigenvalue weighted by molar-refractivity contribution is 6.31. The van der Waals surface area contributed by atoms with Gasteiger partial charge in [0.05, 0.1) is 12.1 Å². The molecule has 0 spiro atoms. The molecule has 0 saturated heterocycles. The molecule has 0 aliphatic rings. The Bertz CT molecular complexity index is 1030. The molecule has 23 heavy (non-hydrogen) atoms. The zero-order valence-corrected chi connectivity index (χ0v) is 12.7. The SMILES string of the molecule is O=c1oc2cc(Cl)ccc2n1Cc1cc(-c2ccccc2)on1. The molecule has 0 aliphatic heterocycles. The predicted octanol–water partition coefficient (Wildman–Crippen LogP) is 3.95. The fourth-order valence-electron chi connectivity index (χ4n) is 2.48. The maximum absolute atomic E-state index is 12.0. The first-order valence-corrected chi connectivity index (χ1v) is 7.38. The van der Waals surface area contributed by atoms with E-state index in [1.54, 1.807) is 18.2 Å². The molecule has 2 aromatic heterocycles. The highest BCUT2D eigenvalue weighted by atomic mass is 35.5. The third kappa shape index (κ3) is 2.55. The Labute approximate surface area is 135 Å². The van der Waals surface area contributed by atoms with Crippen molar-refractivity contribution in [2.45, 2.75) is 6.54 Å². The molecule has 4 rings (SSSR count). The molecule has 0 aliphatic carbocycles. The van der Waals surface area contributed by atoms with Crippen molar-refractivity contribution in [3.05, 3.63) is 75.9 Å². The number of hydrogen-bond donors (Lipinski definition) is 0. The van der Waals surface area contributed by atoms with Gasteiger partial charge >= 0.3 is 5.76 Å². The molecular weight excluding hydrogens is 316 g/mol. The van der Waals surface area contributed by atoms with Crippen molar-refractivity contribution < 1.29 is 8.94 Å². The van der Waals surface area contributed by atoms with Crippen molar-refractivity contribution in [3.63, 3.8) is 0 Å². The van der Waals surface area contributed by atoms with Crippen molar-refractivity contribution in [2.24, 2.45) is 0 Å². The molecule has 0 atom stereocenters. The van der Waals surface area contributed by atoms with Crippen LogP contribution in [0.2, 0.25) is 5.02 Å². The van der Waals surface area contributed by atoms with Gasteiger partial charge in [-0.15, -0.1) is 0 Å². The van der Waals surface area contributed by atoms with Gasteiger partial charge in [-0.05, 0) is 12.1 Å². The summed E-state index contributed by atoms with van der Waals surface area (Å²) in [6.07, 6.45) is 0. The zero-order chi connectivity index (χ0) is 15.8. The standard InChI is InChI=1S/C17H11ClN2O3/c18-12-6-7-14-16(8-12)22-17(21)20(14)10-13-9-15(23-19-13)11-4-2-1-3-5-11/h1-9H,10H2. The van der Waals surface area contributed by atoms with Crippen LogP contribution in [0.1, 0.15) is 5.69 Å². The van der Waals surface area contributed by atoms with Gasteiger partial charge < -0.3 is 8.94 Å². The second-order valence-corrected chi connectivity index (χ2v) is 5.55. The molecule has 0 saturated carbocycles. The second-order valence-electron chi connectivity index (χ2n) is 5.11. The molecule has 6 heteroatoms. The average molecular weight is 327 g/mol. The maximum Gasteiger partial charge on any atom is 0.420 e. The van der Waals surface area contributed by atoms with Crippen LogP contribution in [0, 0.1) is 0 Å². The monoisotopic (exact) mass is 326 g/mol. The van der Waals surface area contributed by atoms with E-state index in [9.17, 15) is 4.79 Å². The molecule has 0 N–H and O–H groups in total. The minimum Gasteiger partial charge on any atom is -0.408 e. The third-order valence-corrected chi connectivity index (χ3v) is 3.80. The van der Waals surface area contributed by atoms with Crippen molar-refractivity contribution in [3.8, 4) is 11.3 Å². The van der Waals surface area contributed by atoms with Crippen LogP contribution in [0.3, 0.4) is 0 Å². The summed E-state index contributed by atoms with van der Waals surface area (Å²) in [5.74, 6) is 0.205. The van der Waals surface area contributed by atoms with Crippen molar-refractivity contribution in [1.29, 1.82) is 0 Å². The van der Waals surface area contributed by atoms with E-state index in [1.165, 1.54) is 4.57 Å². The molecule has 0 radical (unpaired) electrons. The Kier molecular flexibility index (Phi) is 3.28. The first-order chi connectivity index (χ1) is 11.2. The Morgan fingerprint density at radius 2 is 1.91 bits per heavy atom. The van der Waals surface area contributed by atoms with Crippen LogP contribution in [0.4, 0.5) is 0 Å². The van der Waals surface area contributed by atoms with Gasteiger partial charge in [0.2, 0.25) is 0 Å². The van der Waals surface area contributed by atoms with E-state index in [-0.39, 0.29) is 6.54 Å². The fourth-order valence-corrected chi connectivity index (χ4v) is 2.64. The molecule has 2 heterocycles. The van der Waals surface area contributed by atoms with E-state index >= 15 is 0 Å². The number of rotatable bonds is 3. The minimum absolute atomic E-state index is 0.268. The van der Waals surface area contributed by atoms with E-state index in [0.29, 0.717) is 27.6 Å². The lowest BCUT2D eigenvalue weighted by molar-refractivity contribution is 0.419. The van der Waals surface area contributed by atoms with E-state index in [4.69, 9.17) is 20.5 Å². The van der Waals surface area contributed by atoms with Gasteiger partial charge in [-0.1, -0.05) is 47.1 Å². The van der Waals surface area contributed by atoms with Crippen LogP contribution >= 0.6 is 11.6 Å². The number of fused-ring (bicyclic) bond motifs is 1. The molecule has 0 amide bonds. The normalized spacial score (nSPS) is 11.2. The largest absolute Gasteiger partial charge is 0.420 e. The fraction of sp³-hybridized carbons (Fsp3) is 0.0588. The van der Waals surface area contributed by atoms with Gasteiger partial charge in [0.25, 0.3) is 0 Å². The quantitative estimate of drug-likeness (QED) is 0.572. The van der Waals surface area contributed by atoms with Crippen LogP contribution in [-0.4, -0.2) is 9.72 Å². The van der Waals surface area contributed by atoms with Gasteiger partial charge in [0.1, 0.15) is 5.69 Å². The van der Waals surface area contributed by atoms with Gasteiger partial charge in [-0.2, -0.15) is 0 Å². The van der Waals surface area contributed by atoms with Crippen LogP contribution in [0.25, 0.3) is 22.4 Å². The van der Waals surface area contributed by atoms with Gasteiger partial charge in [0, 0.05) is 22.7 Å². The van der Waals surface area contributed by atoms with Crippen LogP contribution in [-0.2, 0) is 6.54 Å². The number of nitrogens with zero attached hydrogens (tertiary/aromatic N) is 2. The van der Waals surface area contributed by atoms with Crippen LogP contribution in [0.5, 0.6) is 0 Å². The molecule has 0 bridgehead atoms. The van der Waals surface area contributed by atoms with Crippen molar-refractivity contribution in [1.82, 2.24) is 9.72 Å². The molecule has 4 aromatic rings. The van der Waals surface area contributed by atoms with Crippen molar-refractivity contribution >= 4 is 22.7 Å². The summed E-state index contributed by atoms with van der Waals surface area (Å²) in [7, 11) is 0. The first kappa shape index (κ1) is 13.8. The lowest BCUT2D eigenvalue weighted by Gasteiger charge is -1.97. The first-order valence-electron chi connectivity index (χ1n) is 7.00. The molecule has 5 nitrogen and oxygen atoms in total. The van der Waals surface area contributed by atoms with E-state index in [2.05, 4.69) is 5.16 Å². The topological polar surface area (TPSA) is 61.2 Å². The Balaban J connectivity index is 1.71. The van der Waals surface area contributed by atoms with E-state index < -0.39 is 5.76 Å². The van der Waals surface area contributed by atoms with Gasteiger partial charge in [-0.25, -0.2) is 4.79 Å². The molecule has 0 fully saturated rings. The van der Waals surface area contributed by atoms with Gasteiger partial charge in [0.15, 0.2) is 11.3 Å². The third-order valence-electron chi connectivity index (χ3n) is 3.57. The Morgan fingerprint density at radius 1 is 1.09 bits per heavy atom. The summed E-state index contributed by atoms with van der Waals surface area (Å²) in [4.78, 5) is 12.0. The average Bonchev–Trinajstić information content (AvgIpc) is 3.14. The lowest BCUT2D eigenvalue weighted by Crippen LogP contribution is -2.14. The van der Waals surface area contributed by atoms with E-state index in [1.807, 2.05) is 36.4 Å². The smallest absolute Gasteiger partial charge is 0.408 e. The number of halogens is 1. The summed E-state index contributed by atoms with van der Waals surface area (Å²) in [6, 6.07) is 16.6. The van der Waals surface area contributed by atoms with Gasteiger partial charge in [-0.3, -0.25) is 4.57 Å². The number of benzene rings is 2. The maximum atomic E-state index is 12.0. The zero-order valence-electron chi connectivity index (χ0n) is 11.9. The lowest BCUT2D eigenvalue weighted by atomic mass is 10.1. The Morgan fingerprint density at radius 3 is 2.74 bits per heavy atom. The molecular formula is C17H11ClN2O3.